The van der Waals surface area contributed by atoms with E-state index in [9.17, 15) is 9.59 Å². The van der Waals surface area contributed by atoms with Crippen LogP contribution in [0.2, 0.25) is 0 Å². The number of amides is 1. The van der Waals surface area contributed by atoms with Gasteiger partial charge in [0.15, 0.2) is 0 Å². The molecular formula is C18H18N4O2S. The second-order valence-corrected chi connectivity index (χ2v) is 6.91. The fraction of sp³-hybridized carbons (Fsp3) is 0.222. The van der Waals surface area contributed by atoms with Gasteiger partial charge in [0.05, 0.1) is 29.3 Å². The molecule has 1 N–H and O–H groups in total. The highest BCUT2D eigenvalue weighted by atomic mass is 32.1. The van der Waals surface area contributed by atoms with Crippen LogP contribution < -0.4 is 10.9 Å². The molecule has 0 spiro atoms. The van der Waals surface area contributed by atoms with E-state index in [1.165, 1.54) is 17.0 Å². The molecule has 25 heavy (non-hydrogen) atoms. The summed E-state index contributed by atoms with van der Waals surface area (Å²) in [6, 6.07) is 10.9. The Kier molecular flexibility index (Phi) is 5.04. The van der Waals surface area contributed by atoms with Gasteiger partial charge < -0.3 is 5.32 Å². The van der Waals surface area contributed by atoms with Gasteiger partial charge in [0.25, 0.3) is 5.56 Å². The summed E-state index contributed by atoms with van der Waals surface area (Å²) in [5.41, 5.74) is 2.13. The largest absolute Gasteiger partial charge is 0.350 e. The maximum absolute atomic E-state index is 12.2. The normalized spacial score (nSPS) is 10.6. The Morgan fingerprint density at radius 3 is 2.64 bits per heavy atom. The van der Waals surface area contributed by atoms with Crippen LogP contribution in [0.3, 0.4) is 0 Å². The zero-order chi connectivity index (χ0) is 17.8. The molecule has 0 bridgehead atoms. The van der Waals surface area contributed by atoms with Crippen LogP contribution in [0.15, 0.2) is 47.5 Å². The number of hydrogen-bond acceptors (Lipinski definition) is 5. The number of hydrogen-bond donors (Lipinski definition) is 1. The monoisotopic (exact) mass is 354 g/mol. The van der Waals surface area contributed by atoms with Gasteiger partial charge in [-0.25, -0.2) is 9.97 Å². The third-order valence-corrected chi connectivity index (χ3v) is 4.78. The number of benzene rings is 1. The molecule has 0 atom stereocenters. The molecular weight excluding hydrogens is 336 g/mol. The number of carbonyl (C=O) groups excluding carboxylic acids is 1. The van der Waals surface area contributed by atoms with Crippen molar-refractivity contribution in [2.75, 3.05) is 0 Å². The van der Waals surface area contributed by atoms with Gasteiger partial charge in [0, 0.05) is 16.5 Å². The Labute approximate surface area is 149 Å². The molecule has 6 nitrogen and oxygen atoms in total. The molecule has 0 radical (unpaired) electrons. The predicted octanol–water partition coefficient (Wildman–Crippen LogP) is 2.30. The standard InChI is InChI=1S/C18H18N4O2S/c1-12-16(25-13(2)21-12)9-19-17(23)10-22-11-20-15(8-18(22)24)14-6-4-3-5-7-14/h3-8,11H,9-10H2,1-2H3,(H,19,23). The summed E-state index contributed by atoms with van der Waals surface area (Å²) in [6.45, 7) is 4.21. The fourth-order valence-electron chi connectivity index (χ4n) is 2.44. The number of aromatic nitrogens is 3. The Hall–Kier alpha value is -2.80. The fourth-order valence-corrected chi connectivity index (χ4v) is 3.32. The van der Waals surface area contributed by atoms with E-state index in [0.717, 1.165) is 21.1 Å². The van der Waals surface area contributed by atoms with E-state index in [0.29, 0.717) is 12.2 Å². The van der Waals surface area contributed by atoms with Crippen molar-refractivity contribution in [1.29, 1.82) is 0 Å². The Bertz CT molecular complexity index is 947. The average Bonchev–Trinajstić information content (AvgIpc) is 2.93. The van der Waals surface area contributed by atoms with Crippen molar-refractivity contribution in [3.8, 4) is 11.3 Å². The lowest BCUT2D eigenvalue weighted by Crippen LogP contribution is -2.31. The summed E-state index contributed by atoms with van der Waals surface area (Å²) in [6.07, 6.45) is 1.41. The van der Waals surface area contributed by atoms with Gasteiger partial charge in [-0.15, -0.1) is 11.3 Å². The van der Waals surface area contributed by atoms with Gasteiger partial charge in [0.1, 0.15) is 6.54 Å². The quantitative estimate of drug-likeness (QED) is 0.763. The number of rotatable bonds is 5. The molecule has 0 saturated carbocycles. The maximum Gasteiger partial charge on any atom is 0.254 e. The molecule has 3 aromatic rings. The van der Waals surface area contributed by atoms with Crippen molar-refractivity contribution >= 4 is 17.2 Å². The lowest BCUT2D eigenvalue weighted by molar-refractivity contribution is -0.121. The summed E-state index contributed by atoms with van der Waals surface area (Å²) < 4.78 is 1.30. The van der Waals surface area contributed by atoms with Crippen molar-refractivity contribution in [1.82, 2.24) is 19.9 Å². The minimum atomic E-state index is -0.256. The molecule has 0 fully saturated rings. The zero-order valence-corrected chi connectivity index (χ0v) is 14.8. The van der Waals surface area contributed by atoms with Gasteiger partial charge in [-0.05, 0) is 13.8 Å². The van der Waals surface area contributed by atoms with Crippen molar-refractivity contribution in [2.45, 2.75) is 26.9 Å². The average molecular weight is 354 g/mol. The summed E-state index contributed by atoms with van der Waals surface area (Å²) in [5, 5.41) is 3.79. The predicted molar refractivity (Wildman–Crippen MR) is 97.4 cm³/mol. The van der Waals surface area contributed by atoms with E-state index < -0.39 is 0 Å². The number of nitrogens with one attached hydrogen (secondary N) is 1. The molecule has 0 unspecified atom stereocenters. The molecule has 3 rings (SSSR count). The molecule has 0 saturated heterocycles. The number of thiazole rings is 1. The molecule has 2 aromatic heterocycles. The van der Waals surface area contributed by atoms with Crippen LogP contribution in [0.4, 0.5) is 0 Å². The highest BCUT2D eigenvalue weighted by molar-refractivity contribution is 7.11. The van der Waals surface area contributed by atoms with E-state index >= 15 is 0 Å². The summed E-state index contributed by atoms with van der Waals surface area (Å²) >= 11 is 1.56. The maximum atomic E-state index is 12.2. The third kappa shape index (κ3) is 4.19. The summed E-state index contributed by atoms with van der Waals surface area (Å²) in [5.74, 6) is -0.234. The van der Waals surface area contributed by atoms with Crippen LogP contribution in [0.25, 0.3) is 11.3 Å². The second kappa shape index (κ2) is 7.40. The van der Waals surface area contributed by atoms with Crippen molar-refractivity contribution < 1.29 is 4.79 Å². The highest BCUT2D eigenvalue weighted by Gasteiger charge is 2.09. The number of aryl methyl sites for hydroxylation is 2. The Balaban J connectivity index is 1.65. The van der Waals surface area contributed by atoms with E-state index in [-0.39, 0.29) is 18.0 Å². The lowest BCUT2D eigenvalue weighted by atomic mass is 10.1. The number of nitrogens with zero attached hydrogens (tertiary/aromatic N) is 3. The second-order valence-electron chi connectivity index (χ2n) is 5.62. The van der Waals surface area contributed by atoms with Gasteiger partial charge in [0.2, 0.25) is 5.91 Å². The molecule has 7 heteroatoms. The van der Waals surface area contributed by atoms with E-state index in [2.05, 4.69) is 15.3 Å². The van der Waals surface area contributed by atoms with Crippen molar-refractivity contribution in [2.24, 2.45) is 0 Å². The van der Waals surface area contributed by atoms with Gasteiger partial charge >= 0.3 is 0 Å². The first-order valence-corrected chi connectivity index (χ1v) is 8.66. The van der Waals surface area contributed by atoms with E-state index in [1.54, 1.807) is 11.3 Å². The molecule has 128 valence electrons. The summed E-state index contributed by atoms with van der Waals surface area (Å²) in [7, 11) is 0. The Morgan fingerprint density at radius 1 is 1.24 bits per heavy atom. The van der Waals surface area contributed by atoms with E-state index in [4.69, 9.17) is 0 Å². The van der Waals surface area contributed by atoms with Crippen LogP contribution in [0.1, 0.15) is 15.6 Å². The number of carbonyl (C=O) groups is 1. The lowest BCUT2D eigenvalue weighted by Gasteiger charge is -2.07. The van der Waals surface area contributed by atoms with Crippen molar-refractivity contribution in [3.63, 3.8) is 0 Å². The van der Waals surface area contributed by atoms with Crippen LogP contribution in [-0.4, -0.2) is 20.4 Å². The molecule has 2 heterocycles. The zero-order valence-electron chi connectivity index (χ0n) is 14.0. The van der Waals surface area contributed by atoms with E-state index in [1.807, 2.05) is 44.2 Å². The topological polar surface area (TPSA) is 76.9 Å². The summed E-state index contributed by atoms with van der Waals surface area (Å²) in [4.78, 5) is 33.9. The highest BCUT2D eigenvalue weighted by Crippen LogP contribution is 2.16. The van der Waals surface area contributed by atoms with Crippen LogP contribution in [0, 0.1) is 13.8 Å². The smallest absolute Gasteiger partial charge is 0.254 e. The first-order chi connectivity index (χ1) is 12.0. The van der Waals surface area contributed by atoms with Crippen LogP contribution >= 0.6 is 11.3 Å². The van der Waals surface area contributed by atoms with Crippen LogP contribution in [-0.2, 0) is 17.9 Å². The Morgan fingerprint density at radius 2 is 2.00 bits per heavy atom. The third-order valence-electron chi connectivity index (χ3n) is 3.71. The SMILES string of the molecule is Cc1nc(C)c(CNC(=O)Cn2cnc(-c3ccccc3)cc2=O)s1. The van der Waals surface area contributed by atoms with Crippen LogP contribution in [0.5, 0.6) is 0 Å². The first kappa shape index (κ1) is 17.0. The molecule has 1 aromatic carbocycles. The van der Waals surface area contributed by atoms with Gasteiger partial charge in [-0.2, -0.15) is 0 Å². The first-order valence-electron chi connectivity index (χ1n) is 7.84. The van der Waals surface area contributed by atoms with Crippen molar-refractivity contribution in [3.05, 3.63) is 68.7 Å². The molecule has 0 aliphatic carbocycles. The minimum Gasteiger partial charge on any atom is -0.350 e. The molecule has 0 aliphatic heterocycles. The van der Waals surface area contributed by atoms with Gasteiger partial charge in [-0.1, -0.05) is 30.3 Å². The minimum absolute atomic E-state index is 0.0578. The molecule has 1 amide bonds. The molecule has 0 aliphatic rings. The van der Waals surface area contributed by atoms with Gasteiger partial charge in [-0.3, -0.25) is 14.2 Å².